The van der Waals surface area contributed by atoms with E-state index in [9.17, 15) is 18.0 Å². The van der Waals surface area contributed by atoms with Gasteiger partial charge in [0.15, 0.2) is 0 Å². The Balaban J connectivity index is 1.75. The number of hydrogen-bond donors (Lipinski definition) is 1. The molecule has 3 rings (SSSR count). The number of nitrogens with zero attached hydrogens (tertiary/aromatic N) is 2. The van der Waals surface area contributed by atoms with Gasteiger partial charge >= 0.3 is 6.18 Å². The molecule has 1 saturated heterocycles. The van der Waals surface area contributed by atoms with Gasteiger partial charge in [-0.25, -0.2) is 4.98 Å². The van der Waals surface area contributed by atoms with Crippen LogP contribution in [0.4, 0.5) is 24.7 Å². The van der Waals surface area contributed by atoms with Gasteiger partial charge in [-0.05, 0) is 37.3 Å². The van der Waals surface area contributed by atoms with Crippen LogP contribution in [0.5, 0.6) is 0 Å². The lowest BCUT2D eigenvalue weighted by atomic mass is 10.1. The number of alkyl halides is 3. The SMILES string of the molecule is Cc1nc(N2CCOCC2)ccc1NC(=O)c1cccc(C(F)(F)F)c1. The number of rotatable bonds is 3. The first-order valence-corrected chi connectivity index (χ1v) is 8.13. The van der Waals surface area contributed by atoms with Crippen LogP contribution in [0.2, 0.25) is 0 Å². The van der Waals surface area contributed by atoms with Gasteiger partial charge in [0.05, 0.1) is 30.2 Å². The summed E-state index contributed by atoms with van der Waals surface area (Å²) in [6.45, 7) is 4.49. The molecule has 2 heterocycles. The Morgan fingerprint density at radius 3 is 2.58 bits per heavy atom. The lowest BCUT2D eigenvalue weighted by Crippen LogP contribution is -2.36. The second kappa shape index (κ2) is 7.33. The van der Waals surface area contributed by atoms with Crippen molar-refractivity contribution in [2.45, 2.75) is 13.1 Å². The number of pyridine rings is 1. The van der Waals surface area contributed by atoms with Gasteiger partial charge in [0, 0.05) is 18.7 Å². The predicted molar refractivity (Wildman–Crippen MR) is 91.4 cm³/mol. The molecule has 1 aromatic heterocycles. The fourth-order valence-corrected chi connectivity index (χ4v) is 2.68. The fourth-order valence-electron chi connectivity index (χ4n) is 2.68. The fraction of sp³-hybridized carbons (Fsp3) is 0.333. The highest BCUT2D eigenvalue weighted by atomic mass is 19.4. The zero-order valence-corrected chi connectivity index (χ0v) is 14.1. The van der Waals surface area contributed by atoms with E-state index in [1.165, 1.54) is 12.1 Å². The Labute approximate surface area is 148 Å². The van der Waals surface area contributed by atoms with Crippen molar-refractivity contribution in [2.75, 3.05) is 36.5 Å². The summed E-state index contributed by atoms with van der Waals surface area (Å²) in [6.07, 6.45) is -4.49. The molecule has 1 aliphatic heterocycles. The molecule has 0 saturated carbocycles. The van der Waals surface area contributed by atoms with Crippen molar-refractivity contribution >= 4 is 17.4 Å². The molecule has 138 valence electrons. The molecule has 0 aliphatic carbocycles. The second-order valence-corrected chi connectivity index (χ2v) is 5.93. The minimum Gasteiger partial charge on any atom is -0.378 e. The molecule has 1 aromatic carbocycles. The zero-order valence-electron chi connectivity index (χ0n) is 14.1. The maximum Gasteiger partial charge on any atom is 0.416 e. The van der Waals surface area contributed by atoms with Crippen LogP contribution in [-0.4, -0.2) is 37.2 Å². The van der Waals surface area contributed by atoms with Gasteiger partial charge in [0.2, 0.25) is 0 Å². The third kappa shape index (κ3) is 4.13. The van der Waals surface area contributed by atoms with Crippen molar-refractivity contribution in [3.05, 3.63) is 53.2 Å². The highest BCUT2D eigenvalue weighted by Gasteiger charge is 2.31. The van der Waals surface area contributed by atoms with E-state index < -0.39 is 17.6 Å². The number of anilines is 2. The quantitative estimate of drug-likeness (QED) is 0.905. The molecule has 1 N–H and O–H groups in total. The van der Waals surface area contributed by atoms with Gasteiger partial charge in [0.25, 0.3) is 5.91 Å². The molecular weight excluding hydrogens is 347 g/mol. The topological polar surface area (TPSA) is 54.5 Å². The van der Waals surface area contributed by atoms with E-state index in [0.717, 1.165) is 31.0 Å². The molecule has 5 nitrogen and oxygen atoms in total. The number of amides is 1. The van der Waals surface area contributed by atoms with E-state index >= 15 is 0 Å². The van der Waals surface area contributed by atoms with E-state index in [1.807, 2.05) is 0 Å². The van der Waals surface area contributed by atoms with Crippen molar-refractivity contribution in [1.29, 1.82) is 0 Å². The number of carbonyl (C=O) groups excluding carboxylic acids is 1. The molecule has 0 radical (unpaired) electrons. The highest BCUT2D eigenvalue weighted by Crippen LogP contribution is 2.29. The Morgan fingerprint density at radius 2 is 1.92 bits per heavy atom. The molecule has 1 amide bonds. The summed E-state index contributed by atoms with van der Waals surface area (Å²) in [5.41, 5.74) is 0.137. The molecule has 0 bridgehead atoms. The van der Waals surface area contributed by atoms with Crippen LogP contribution < -0.4 is 10.2 Å². The number of nitrogens with one attached hydrogen (secondary N) is 1. The Hall–Kier alpha value is -2.61. The summed E-state index contributed by atoms with van der Waals surface area (Å²) < 4.78 is 43.7. The summed E-state index contributed by atoms with van der Waals surface area (Å²) in [7, 11) is 0. The van der Waals surface area contributed by atoms with Gasteiger partial charge in [0.1, 0.15) is 5.82 Å². The molecule has 0 unspecified atom stereocenters. The number of morpholine rings is 1. The lowest BCUT2D eigenvalue weighted by molar-refractivity contribution is -0.137. The Kier molecular flexibility index (Phi) is 5.13. The molecular formula is C18H18F3N3O2. The van der Waals surface area contributed by atoms with E-state index in [4.69, 9.17) is 4.74 Å². The van der Waals surface area contributed by atoms with E-state index in [0.29, 0.717) is 24.6 Å². The number of aromatic nitrogens is 1. The average Bonchev–Trinajstić information content (AvgIpc) is 2.63. The first-order chi connectivity index (χ1) is 12.3. The molecule has 8 heteroatoms. The van der Waals surface area contributed by atoms with Crippen LogP contribution >= 0.6 is 0 Å². The van der Waals surface area contributed by atoms with Crippen molar-refractivity contribution in [1.82, 2.24) is 4.98 Å². The number of halogens is 3. The van der Waals surface area contributed by atoms with Crippen molar-refractivity contribution in [2.24, 2.45) is 0 Å². The summed E-state index contributed by atoms with van der Waals surface area (Å²) in [5.74, 6) is 0.169. The van der Waals surface area contributed by atoms with Crippen LogP contribution in [-0.2, 0) is 10.9 Å². The molecule has 1 aliphatic rings. The lowest BCUT2D eigenvalue weighted by Gasteiger charge is -2.28. The van der Waals surface area contributed by atoms with Gasteiger partial charge < -0.3 is 15.0 Å². The standard InChI is InChI=1S/C18H18F3N3O2/c1-12-15(5-6-16(22-12)24-7-9-26-10-8-24)23-17(25)13-3-2-4-14(11-13)18(19,20)21/h2-6,11H,7-10H2,1H3,(H,23,25). The minimum atomic E-state index is -4.49. The molecule has 2 aromatic rings. The van der Waals surface area contributed by atoms with Gasteiger partial charge in [-0.15, -0.1) is 0 Å². The molecule has 1 fully saturated rings. The average molecular weight is 365 g/mol. The smallest absolute Gasteiger partial charge is 0.378 e. The van der Waals surface area contributed by atoms with Crippen LogP contribution in [0.3, 0.4) is 0 Å². The first-order valence-electron chi connectivity index (χ1n) is 8.13. The number of carbonyl (C=O) groups is 1. The molecule has 0 spiro atoms. The summed E-state index contributed by atoms with van der Waals surface area (Å²) in [5, 5.41) is 2.62. The second-order valence-electron chi connectivity index (χ2n) is 5.93. The normalized spacial score (nSPS) is 15.0. The van der Waals surface area contributed by atoms with Crippen LogP contribution in [0, 0.1) is 6.92 Å². The number of ether oxygens (including phenoxy) is 1. The van der Waals surface area contributed by atoms with E-state index in [-0.39, 0.29) is 5.56 Å². The van der Waals surface area contributed by atoms with Crippen molar-refractivity contribution < 1.29 is 22.7 Å². The molecule has 26 heavy (non-hydrogen) atoms. The largest absolute Gasteiger partial charge is 0.416 e. The van der Waals surface area contributed by atoms with Crippen molar-refractivity contribution in [3.63, 3.8) is 0 Å². The minimum absolute atomic E-state index is 0.0588. The third-order valence-corrected chi connectivity index (χ3v) is 4.11. The Bertz CT molecular complexity index is 803. The van der Waals surface area contributed by atoms with Crippen molar-refractivity contribution in [3.8, 4) is 0 Å². The number of benzene rings is 1. The summed E-state index contributed by atoms with van der Waals surface area (Å²) in [6, 6.07) is 7.80. The molecule has 0 atom stereocenters. The predicted octanol–water partition coefficient (Wildman–Crippen LogP) is 3.50. The van der Waals surface area contributed by atoms with E-state index in [1.54, 1.807) is 19.1 Å². The van der Waals surface area contributed by atoms with Gasteiger partial charge in [-0.3, -0.25) is 4.79 Å². The first kappa shape index (κ1) is 18.2. The summed E-state index contributed by atoms with van der Waals surface area (Å²) >= 11 is 0. The van der Waals surface area contributed by atoms with Gasteiger partial charge in [-0.1, -0.05) is 6.07 Å². The third-order valence-electron chi connectivity index (χ3n) is 4.11. The van der Waals surface area contributed by atoms with Gasteiger partial charge in [-0.2, -0.15) is 13.2 Å². The Morgan fingerprint density at radius 1 is 1.19 bits per heavy atom. The zero-order chi connectivity index (χ0) is 18.7. The number of aryl methyl sites for hydroxylation is 1. The number of hydrogen-bond acceptors (Lipinski definition) is 4. The highest BCUT2D eigenvalue weighted by molar-refractivity contribution is 6.04. The summed E-state index contributed by atoms with van der Waals surface area (Å²) in [4.78, 5) is 18.9. The van der Waals surface area contributed by atoms with Crippen LogP contribution in [0.15, 0.2) is 36.4 Å². The van der Waals surface area contributed by atoms with E-state index in [2.05, 4.69) is 15.2 Å². The monoisotopic (exact) mass is 365 g/mol. The van der Waals surface area contributed by atoms with Crippen LogP contribution in [0.25, 0.3) is 0 Å². The maximum atomic E-state index is 12.8. The van der Waals surface area contributed by atoms with Crippen LogP contribution in [0.1, 0.15) is 21.6 Å². The maximum absolute atomic E-state index is 12.8.